The van der Waals surface area contributed by atoms with Crippen LogP contribution in [0.2, 0.25) is 0 Å². The predicted octanol–water partition coefficient (Wildman–Crippen LogP) is 2.13. The molecule has 1 aliphatic heterocycles. The van der Waals surface area contributed by atoms with Crippen molar-refractivity contribution in [2.24, 2.45) is 5.92 Å². The number of carbonyl (C=O) groups excluding carboxylic acids is 4. The molecular formula is C18H20FN3O4. The number of hydrogen-bond acceptors (Lipinski definition) is 4. The highest BCUT2D eigenvalue weighted by Crippen LogP contribution is 2.31. The molecule has 5 amide bonds. The van der Waals surface area contributed by atoms with Crippen LogP contribution < -0.4 is 5.32 Å². The van der Waals surface area contributed by atoms with Gasteiger partial charge in [0.15, 0.2) is 0 Å². The summed E-state index contributed by atoms with van der Waals surface area (Å²) in [6.07, 6.45) is 3.44. The summed E-state index contributed by atoms with van der Waals surface area (Å²) in [5, 5.41) is 2.31. The molecule has 0 bridgehead atoms. The van der Waals surface area contributed by atoms with Crippen molar-refractivity contribution < 1.29 is 23.6 Å². The topological polar surface area (TPSA) is 86.8 Å². The molecule has 1 aromatic rings. The normalized spacial score (nSPS) is 23.5. The molecule has 1 heterocycles. The summed E-state index contributed by atoms with van der Waals surface area (Å²) in [4.78, 5) is 50.8. The van der Waals surface area contributed by atoms with E-state index in [0.29, 0.717) is 11.3 Å². The van der Waals surface area contributed by atoms with E-state index in [2.05, 4.69) is 5.32 Å². The summed E-state index contributed by atoms with van der Waals surface area (Å²) < 4.78 is 13.6. The Morgan fingerprint density at radius 2 is 1.85 bits per heavy atom. The van der Waals surface area contributed by atoms with Crippen molar-refractivity contribution in [3.05, 3.63) is 30.1 Å². The van der Waals surface area contributed by atoms with Gasteiger partial charge in [-0.05, 0) is 30.9 Å². The first kappa shape index (κ1) is 18.0. The van der Waals surface area contributed by atoms with Crippen LogP contribution in [-0.2, 0) is 14.4 Å². The highest BCUT2D eigenvalue weighted by Gasteiger charge is 2.49. The van der Waals surface area contributed by atoms with Crippen LogP contribution >= 0.6 is 0 Å². The number of amides is 5. The van der Waals surface area contributed by atoms with Gasteiger partial charge in [0.05, 0.1) is 5.69 Å². The fraction of sp³-hybridized carbons (Fsp3) is 0.444. The van der Waals surface area contributed by atoms with E-state index in [9.17, 15) is 23.6 Å². The number of anilines is 1. The van der Waals surface area contributed by atoms with E-state index in [1.807, 2.05) is 6.92 Å². The van der Waals surface area contributed by atoms with Crippen LogP contribution in [0.5, 0.6) is 0 Å². The molecule has 1 N–H and O–H groups in total. The molecule has 8 heteroatoms. The van der Waals surface area contributed by atoms with Crippen LogP contribution in [0.25, 0.3) is 0 Å². The van der Waals surface area contributed by atoms with Crippen LogP contribution in [0.3, 0.4) is 0 Å². The van der Waals surface area contributed by atoms with Crippen LogP contribution in [0.4, 0.5) is 14.9 Å². The Balaban J connectivity index is 1.71. The van der Waals surface area contributed by atoms with Crippen molar-refractivity contribution in [2.45, 2.75) is 38.6 Å². The maximum absolute atomic E-state index is 13.6. The second kappa shape index (κ2) is 7.23. The number of halogens is 1. The van der Waals surface area contributed by atoms with E-state index in [4.69, 9.17) is 0 Å². The molecular weight excluding hydrogens is 341 g/mol. The molecule has 1 aromatic carbocycles. The van der Waals surface area contributed by atoms with E-state index in [0.717, 1.165) is 24.2 Å². The van der Waals surface area contributed by atoms with Gasteiger partial charge >= 0.3 is 17.8 Å². The summed E-state index contributed by atoms with van der Waals surface area (Å²) in [6, 6.07) is 4.45. The Morgan fingerprint density at radius 3 is 2.54 bits per heavy atom. The zero-order valence-corrected chi connectivity index (χ0v) is 14.4. The summed E-state index contributed by atoms with van der Waals surface area (Å²) in [5.74, 6) is -3.18. The fourth-order valence-electron chi connectivity index (χ4n) is 3.53. The average Bonchev–Trinajstić information content (AvgIpc) is 2.81. The minimum Gasteiger partial charge on any atom is -0.322 e. The molecule has 0 unspecified atom stereocenters. The molecule has 3 rings (SSSR count). The first-order valence-corrected chi connectivity index (χ1v) is 8.63. The highest BCUT2D eigenvalue weighted by molar-refractivity contribution is 6.45. The van der Waals surface area contributed by atoms with Gasteiger partial charge in [-0.1, -0.05) is 31.9 Å². The second-order valence-corrected chi connectivity index (χ2v) is 6.71. The number of nitrogens with zero attached hydrogens (tertiary/aromatic N) is 2. The number of benzene rings is 1. The third-order valence-electron chi connectivity index (χ3n) is 4.93. The van der Waals surface area contributed by atoms with Crippen LogP contribution in [-0.4, -0.2) is 46.1 Å². The maximum Gasteiger partial charge on any atom is 0.334 e. The third-order valence-corrected chi connectivity index (χ3v) is 4.93. The number of imide groups is 2. The Kier molecular flexibility index (Phi) is 5.01. The Hall–Kier alpha value is -2.77. The molecule has 0 radical (unpaired) electrons. The maximum atomic E-state index is 13.6. The van der Waals surface area contributed by atoms with Gasteiger partial charge in [-0.3, -0.25) is 19.3 Å². The quantitative estimate of drug-likeness (QED) is 0.657. The van der Waals surface area contributed by atoms with Gasteiger partial charge in [-0.25, -0.2) is 14.1 Å². The number of nitrogens with one attached hydrogen (secondary N) is 1. The average molecular weight is 361 g/mol. The monoisotopic (exact) mass is 361 g/mol. The van der Waals surface area contributed by atoms with Crippen molar-refractivity contribution >= 4 is 29.4 Å². The molecule has 26 heavy (non-hydrogen) atoms. The number of rotatable bonds is 4. The molecule has 1 saturated heterocycles. The molecule has 0 spiro atoms. The second-order valence-electron chi connectivity index (χ2n) is 6.71. The van der Waals surface area contributed by atoms with Gasteiger partial charge in [0.2, 0.25) is 5.91 Å². The first-order valence-electron chi connectivity index (χ1n) is 8.63. The van der Waals surface area contributed by atoms with Crippen molar-refractivity contribution in [1.82, 2.24) is 9.80 Å². The molecule has 138 valence electrons. The van der Waals surface area contributed by atoms with Gasteiger partial charge in [0.1, 0.15) is 12.4 Å². The number of hydrogen-bond donors (Lipinski definition) is 1. The van der Waals surface area contributed by atoms with Crippen molar-refractivity contribution in [2.75, 3.05) is 11.9 Å². The molecule has 7 nitrogen and oxygen atoms in total. The van der Waals surface area contributed by atoms with Crippen molar-refractivity contribution in [1.29, 1.82) is 0 Å². The van der Waals surface area contributed by atoms with Gasteiger partial charge < -0.3 is 5.32 Å². The van der Waals surface area contributed by atoms with Crippen LogP contribution in [0, 0.1) is 11.7 Å². The SMILES string of the molecule is C[C@H]1CCCC[C@H]1N1C(=O)C(=O)N(CC(=O)Nc2ccccc2F)C1=O. The van der Waals surface area contributed by atoms with Crippen LogP contribution in [0.1, 0.15) is 32.6 Å². The lowest BCUT2D eigenvalue weighted by molar-refractivity contribution is -0.145. The Bertz CT molecular complexity index is 767. The van der Waals surface area contributed by atoms with E-state index < -0.39 is 36.1 Å². The predicted molar refractivity (Wildman–Crippen MR) is 90.4 cm³/mol. The van der Waals surface area contributed by atoms with Gasteiger partial charge in [-0.2, -0.15) is 0 Å². The Morgan fingerprint density at radius 1 is 1.15 bits per heavy atom. The smallest absolute Gasteiger partial charge is 0.322 e. The third kappa shape index (κ3) is 3.31. The first-order chi connectivity index (χ1) is 12.4. The van der Waals surface area contributed by atoms with Crippen molar-refractivity contribution in [3.63, 3.8) is 0 Å². The van der Waals surface area contributed by atoms with Crippen LogP contribution in [0.15, 0.2) is 24.3 Å². The summed E-state index contributed by atoms with van der Waals surface area (Å²) in [5.41, 5.74) is -0.0549. The minimum atomic E-state index is -1.02. The van der Waals surface area contributed by atoms with Gasteiger partial charge in [0.25, 0.3) is 0 Å². The minimum absolute atomic E-state index is 0.0549. The lowest BCUT2D eigenvalue weighted by atomic mass is 9.85. The van der Waals surface area contributed by atoms with E-state index in [1.54, 1.807) is 6.07 Å². The van der Waals surface area contributed by atoms with Gasteiger partial charge in [0, 0.05) is 6.04 Å². The summed E-state index contributed by atoms with van der Waals surface area (Å²) >= 11 is 0. The molecule has 1 aliphatic carbocycles. The largest absolute Gasteiger partial charge is 0.334 e. The van der Waals surface area contributed by atoms with Gasteiger partial charge in [-0.15, -0.1) is 0 Å². The molecule has 2 aliphatic rings. The zero-order chi connectivity index (χ0) is 18.8. The molecule has 1 saturated carbocycles. The fourth-order valence-corrected chi connectivity index (χ4v) is 3.53. The van der Waals surface area contributed by atoms with E-state index >= 15 is 0 Å². The van der Waals surface area contributed by atoms with E-state index in [-0.39, 0.29) is 17.6 Å². The van der Waals surface area contributed by atoms with Crippen molar-refractivity contribution in [3.8, 4) is 0 Å². The standard InChI is InChI=1S/C18H20FN3O4/c1-11-6-2-5-9-14(11)22-17(25)16(24)21(18(22)26)10-15(23)20-13-8-4-3-7-12(13)19/h3-4,7-8,11,14H,2,5-6,9-10H2,1H3,(H,20,23)/t11-,14+/m0/s1. The van der Waals surface area contributed by atoms with E-state index in [1.165, 1.54) is 18.2 Å². The summed E-state index contributed by atoms with van der Waals surface area (Å²) in [6.45, 7) is 1.32. The zero-order valence-electron chi connectivity index (χ0n) is 14.4. The molecule has 0 aromatic heterocycles. The molecule has 2 atom stereocenters. The Labute approximate surface area is 150 Å². The number of para-hydroxylation sites is 1. The lowest BCUT2D eigenvalue weighted by Gasteiger charge is -2.34. The number of urea groups is 1. The number of carbonyl (C=O) groups is 4. The lowest BCUT2D eigenvalue weighted by Crippen LogP contribution is -2.46. The molecule has 2 fully saturated rings. The highest BCUT2D eigenvalue weighted by atomic mass is 19.1. The summed E-state index contributed by atoms with van der Waals surface area (Å²) in [7, 11) is 0.